The lowest BCUT2D eigenvalue weighted by atomic mass is 9.95. The van der Waals surface area contributed by atoms with E-state index in [1.807, 2.05) is 0 Å². The summed E-state index contributed by atoms with van der Waals surface area (Å²) in [6, 6.07) is 9.99. The number of hydrogen-bond donors (Lipinski definition) is 0. The Morgan fingerprint density at radius 1 is 1.07 bits per heavy atom. The zero-order chi connectivity index (χ0) is 22.1. The maximum atomic E-state index is 14.2. The van der Waals surface area contributed by atoms with Crippen LogP contribution in [0.1, 0.15) is 12.8 Å². The van der Waals surface area contributed by atoms with E-state index < -0.39 is 33.6 Å². The number of ether oxygens (including phenoxy) is 2. The van der Waals surface area contributed by atoms with Crippen molar-refractivity contribution in [1.82, 2.24) is 0 Å². The molecule has 2 aromatic rings. The van der Waals surface area contributed by atoms with Gasteiger partial charge in [0.05, 0.1) is 23.1 Å². The van der Waals surface area contributed by atoms with E-state index in [0.29, 0.717) is 5.75 Å². The largest absolute Gasteiger partial charge is 0.493 e. The van der Waals surface area contributed by atoms with E-state index in [9.17, 15) is 22.4 Å². The molecule has 0 amide bonds. The minimum atomic E-state index is -5.15. The Kier molecular flexibility index (Phi) is 6.55. The second-order valence-electron chi connectivity index (χ2n) is 6.49. The molecule has 0 spiro atoms. The van der Waals surface area contributed by atoms with Crippen LogP contribution in [0.25, 0.3) is 10.8 Å². The van der Waals surface area contributed by atoms with Gasteiger partial charge in [-0.2, -0.15) is 13.2 Å². The van der Waals surface area contributed by atoms with Crippen molar-refractivity contribution >= 4 is 50.8 Å². The van der Waals surface area contributed by atoms with Gasteiger partial charge in [0.1, 0.15) is 11.5 Å². The zero-order valence-electron chi connectivity index (χ0n) is 15.0. The molecule has 160 valence electrons. The van der Waals surface area contributed by atoms with Gasteiger partial charge in [0, 0.05) is 6.42 Å². The first-order valence-corrected chi connectivity index (χ1v) is 9.68. The summed E-state index contributed by atoms with van der Waals surface area (Å²) in [6.07, 6.45) is -5.95. The number of alkyl halides is 4. The van der Waals surface area contributed by atoms with Gasteiger partial charge in [-0.3, -0.25) is 4.79 Å². The van der Waals surface area contributed by atoms with E-state index in [1.165, 1.54) is 0 Å². The number of hydrogen-bond acceptors (Lipinski definition) is 3. The molecule has 3 nitrogen and oxygen atoms in total. The summed E-state index contributed by atoms with van der Waals surface area (Å²) in [7, 11) is 0. The van der Waals surface area contributed by atoms with Crippen LogP contribution in [0.2, 0.25) is 0 Å². The lowest BCUT2D eigenvalue weighted by Gasteiger charge is -2.29. The lowest BCUT2D eigenvalue weighted by molar-refractivity contribution is -0.211. The molecule has 30 heavy (non-hydrogen) atoms. The van der Waals surface area contributed by atoms with E-state index in [2.05, 4.69) is 0 Å². The standard InChI is InChI=1S/C20H13Cl3F4O3/c21-15-9-19(24,20(25,26)27)10-16(22)18(15)30-14-4-2-11-7-13(3-1-12(11)8-14)29-6-5-17(23)28/h1-4,7-9H,5-6,10H2. The van der Waals surface area contributed by atoms with Crippen LogP contribution in [0.15, 0.2) is 58.3 Å². The fourth-order valence-corrected chi connectivity index (χ4v) is 3.55. The molecule has 1 atom stereocenters. The normalized spacial score (nSPS) is 19.6. The predicted molar refractivity (Wildman–Crippen MR) is 107 cm³/mol. The number of carbonyl (C=O) groups is 1. The molecule has 0 fully saturated rings. The molecule has 10 heteroatoms. The second kappa shape index (κ2) is 8.65. The molecule has 0 heterocycles. The van der Waals surface area contributed by atoms with Gasteiger partial charge in [0.25, 0.3) is 0 Å². The minimum Gasteiger partial charge on any atom is -0.493 e. The fourth-order valence-electron chi connectivity index (χ4n) is 2.76. The predicted octanol–water partition coefficient (Wildman–Crippen LogP) is 7.00. The molecule has 0 radical (unpaired) electrons. The molecular formula is C20H13Cl3F4O3. The maximum Gasteiger partial charge on any atom is 0.426 e. The van der Waals surface area contributed by atoms with Crippen LogP contribution >= 0.6 is 34.8 Å². The van der Waals surface area contributed by atoms with E-state index >= 15 is 0 Å². The average molecular weight is 484 g/mol. The number of benzene rings is 2. The topological polar surface area (TPSA) is 35.5 Å². The SMILES string of the molecule is O=C(Cl)CCOc1ccc2cc(OC3=C(Cl)CC(F)(C(F)(F)F)C=C3Cl)ccc2c1. The zero-order valence-corrected chi connectivity index (χ0v) is 17.3. The molecule has 3 rings (SSSR count). The van der Waals surface area contributed by atoms with Gasteiger partial charge in [0.2, 0.25) is 10.9 Å². The molecule has 0 aromatic heterocycles. The Labute approximate surface area is 183 Å². The summed E-state index contributed by atoms with van der Waals surface area (Å²) >= 11 is 17.0. The summed E-state index contributed by atoms with van der Waals surface area (Å²) in [6.45, 7) is 0.139. The third-order valence-corrected chi connectivity index (χ3v) is 5.05. The molecule has 0 N–H and O–H groups in total. The van der Waals surface area contributed by atoms with Crippen molar-refractivity contribution in [2.75, 3.05) is 6.61 Å². The van der Waals surface area contributed by atoms with Gasteiger partial charge >= 0.3 is 6.18 Å². The monoisotopic (exact) mass is 482 g/mol. The number of allylic oxidation sites excluding steroid dienone is 3. The van der Waals surface area contributed by atoms with Gasteiger partial charge < -0.3 is 9.47 Å². The molecule has 1 unspecified atom stereocenters. The lowest BCUT2D eigenvalue weighted by Crippen LogP contribution is -2.41. The molecular weight excluding hydrogens is 471 g/mol. The Balaban J connectivity index is 1.79. The maximum absolute atomic E-state index is 14.2. The van der Waals surface area contributed by atoms with Gasteiger partial charge in [0.15, 0.2) is 5.76 Å². The Morgan fingerprint density at radius 3 is 2.23 bits per heavy atom. The van der Waals surface area contributed by atoms with E-state index in [0.717, 1.165) is 10.8 Å². The Morgan fingerprint density at radius 2 is 1.67 bits per heavy atom. The van der Waals surface area contributed by atoms with Gasteiger partial charge in [-0.15, -0.1) is 0 Å². The molecule has 1 aliphatic carbocycles. The van der Waals surface area contributed by atoms with Crippen molar-refractivity contribution < 1.29 is 31.8 Å². The van der Waals surface area contributed by atoms with Gasteiger partial charge in [-0.05, 0) is 52.7 Å². The van der Waals surface area contributed by atoms with Crippen molar-refractivity contribution in [2.45, 2.75) is 24.7 Å². The fraction of sp³-hybridized carbons (Fsp3) is 0.250. The highest BCUT2D eigenvalue weighted by molar-refractivity contribution is 6.63. The number of halogens is 7. The van der Waals surface area contributed by atoms with Crippen LogP contribution in [0.5, 0.6) is 11.5 Å². The van der Waals surface area contributed by atoms with Crippen LogP contribution < -0.4 is 9.47 Å². The summed E-state index contributed by atoms with van der Waals surface area (Å²) in [5.74, 6) is 0.549. The van der Waals surface area contributed by atoms with Crippen LogP contribution in [0.4, 0.5) is 17.6 Å². The van der Waals surface area contributed by atoms with E-state index in [-0.39, 0.29) is 30.6 Å². The van der Waals surface area contributed by atoms with Crippen molar-refractivity contribution in [2.24, 2.45) is 0 Å². The highest BCUT2D eigenvalue weighted by atomic mass is 35.5. The molecule has 0 saturated heterocycles. The summed E-state index contributed by atoms with van der Waals surface area (Å²) in [5.41, 5.74) is -3.65. The van der Waals surface area contributed by atoms with Crippen molar-refractivity contribution in [3.05, 3.63) is 58.3 Å². The van der Waals surface area contributed by atoms with E-state index in [1.54, 1.807) is 36.4 Å². The summed E-state index contributed by atoms with van der Waals surface area (Å²) in [4.78, 5) is 10.7. The summed E-state index contributed by atoms with van der Waals surface area (Å²) < 4.78 is 63.9. The van der Waals surface area contributed by atoms with Crippen LogP contribution in [0.3, 0.4) is 0 Å². The van der Waals surface area contributed by atoms with Crippen molar-refractivity contribution in [3.63, 3.8) is 0 Å². The van der Waals surface area contributed by atoms with Crippen LogP contribution in [0, 0.1) is 0 Å². The highest BCUT2D eigenvalue weighted by Crippen LogP contribution is 2.47. The molecule has 2 aromatic carbocycles. The molecule has 0 aliphatic heterocycles. The van der Waals surface area contributed by atoms with Gasteiger partial charge in [-0.25, -0.2) is 4.39 Å². The number of carbonyl (C=O) groups excluding carboxylic acids is 1. The number of fused-ring (bicyclic) bond motifs is 1. The third kappa shape index (κ3) is 5.02. The first-order chi connectivity index (χ1) is 14.0. The first-order valence-electron chi connectivity index (χ1n) is 8.54. The average Bonchev–Trinajstić information content (AvgIpc) is 2.63. The Hall–Kier alpha value is -1.96. The van der Waals surface area contributed by atoms with Crippen LogP contribution in [-0.4, -0.2) is 23.7 Å². The molecule has 1 aliphatic rings. The van der Waals surface area contributed by atoms with Crippen molar-refractivity contribution in [3.8, 4) is 11.5 Å². The van der Waals surface area contributed by atoms with Crippen molar-refractivity contribution in [1.29, 1.82) is 0 Å². The van der Waals surface area contributed by atoms with Crippen LogP contribution in [-0.2, 0) is 4.79 Å². The minimum absolute atomic E-state index is 0.0744. The smallest absolute Gasteiger partial charge is 0.426 e. The second-order valence-corrected chi connectivity index (χ2v) is 7.77. The molecule has 0 bridgehead atoms. The Bertz CT molecular complexity index is 1050. The van der Waals surface area contributed by atoms with Gasteiger partial charge in [-0.1, -0.05) is 35.3 Å². The first kappa shape index (κ1) is 22.7. The third-order valence-electron chi connectivity index (χ3n) is 4.27. The number of rotatable bonds is 6. The molecule has 0 saturated carbocycles. The van der Waals surface area contributed by atoms with E-state index in [4.69, 9.17) is 44.3 Å². The highest BCUT2D eigenvalue weighted by Gasteiger charge is 2.56. The quantitative estimate of drug-likeness (QED) is 0.328. The summed E-state index contributed by atoms with van der Waals surface area (Å²) in [5, 5.41) is -0.0248.